The van der Waals surface area contributed by atoms with Crippen LogP contribution in [-0.2, 0) is 0 Å². The Labute approximate surface area is 59.0 Å². The molecular weight excluding hydrogens is 131 g/mol. The van der Waals surface area contributed by atoms with Gasteiger partial charge in [0.05, 0.1) is 0 Å². The van der Waals surface area contributed by atoms with E-state index in [4.69, 9.17) is 0 Å². The summed E-state index contributed by atoms with van der Waals surface area (Å²) in [5.41, 5.74) is 0. The van der Waals surface area contributed by atoms with Crippen molar-refractivity contribution in [3.63, 3.8) is 0 Å². The third kappa shape index (κ3) is 1.89. The molecule has 0 saturated carbocycles. The molecule has 3 unspecified atom stereocenters. The summed E-state index contributed by atoms with van der Waals surface area (Å²) in [6.45, 7) is 4.59. The van der Waals surface area contributed by atoms with E-state index in [-0.39, 0.29) is 0 Å². The molecule has 0 radical (unpaired) electrons. The summed E-state index contributed by atoms with van der Waals surface area (Å²) in [6.07, 6.45) is 1.30. The smallest absolute Gasteiger partial charge is 0.0250 e. The van der Waals surface area contributed by atoms with Gasteiger partial charge >= 0.3 is 0 Å². The molecule has 0 bridgehead atoms. The topological polar surface area (TPSA) is 24.1 Å². The first kappa shape index (κ1) is 7.46. The van der Waals surface area contributed by atoms with Crippen molar-refractivity contribution in [1.29, 1.82) is 0 Å². The predicted molar refractivity (Wildman–Crippen MR) is 43.3 cm³/mol. The molecule has 3 heteroatoms. The standard InChI is InChI=1S/C6H15N2P/c1-5-2-3-7-4-6(5)8-9/h5-8H,2-4,9H2,1H3. The largest absolute Gasteiger partial charge is 0.315 e. The summed E-state index contributed by atoms with van der Waals surface area (Å²) in [4.78, 5) is 0. The lowest BCUT2D eigenvalue weighted by Crippen LogP contribution is -2.44. The molecule has 1 heterocycles. The van der Waals surface area contributed by atoms with Crippen molar-refractivity contribution < 1.29 is 0 Å². The van der Waals surface area contributed by atoms with Crippen LogP contribution in [0.3, 0.4) is 0 Å². The number of piperidine rings is 1. The summed E-state index contributed by atoms with van der Waals surface area (Å²) >= 11 is 0. The molecule has 1 saturated heterocycles. The first-order valence-electron chi connectivity index (χ1n) is 3.51. The first-order chi connectivity index (χ1) is 4.34. The second kappa shape index (κ2) is 3.50. The number of hydrogen-bond donors (Lipinski definition) is 2. The van der Waals surface area contributed by atoms with E-state index in [2.05, 4.69) is 26.7 Å². The molecule has 1 aliphatic rings. The minimum absolute atomic E-state index is 0.656. The molecule has 1 aliphatic heterocycles. The predicted octanol–water partition coefficient (Wildman–Crippen LogP) is 0.364. The lowest BCUT2D eigenvalue weighted by atomic mass is 9.96. The van der Waals surface area contributed by atoms with Gasteiger partial charge in [0.2, 0.25) is 0 Å². The van der Waals surface area contributed by atoms with Crippen LogP contribution in [0.1, 0.15) is 13.3 Å². The van der Waals surface area contributed by atoms with Gasteiger partial charge in [0.25, 0.3) is 0 Å². The molecule has 1 fully saturated rings. The minimum atomic E-state index is 0.656. The molecule has 0 aromatic carbocycles. The van der Waals surface area contributed by atoms with Gasteiger partial charge in [-0.3, -0.25) is 5.09 Å². The second-order valence-electron chi connectivity index (χ2n) is 2.74. The number of rotatable bonds is 1. The van der Waals surface area contributed by atoms with Crippen LogP contribution in [0.5, 0.6) is 0 Å². The SMILES string of the molecule is CC1CCNCC1NP. The second-order valence-corrected chi connectivity index (χ2v) is 3.08. The summed E-state index contributed by atoms with van der Waals surface area (Å²) in [7, 11) is 2.58. The van der Waals surface area contributed by atoms with E-state index in [1.165, 1.54) is 13.0 Å². The number of nitrogens with one attached hydrogen (secondary N) is 2. The fraction of sp³-hybridized carbons (Fsp3) is 1.00. The molecule has 54 valence electrons. The molecule has 0 spiro atoms. The quantitative estimate of drug-likeness (QED) is 0.522. The Morgan fingerprint density at radius 3 is 2.89 bits per heavy atom. The van der Waals surface area contributed by atoms with Crippen LogP contribution in [0.15, 0.2) is 0 Å². The third-order valence-corrected chi connectivity index (χ3v) is 2.47. The van der Waals surface area contributed by atoms with Crippen LogP contribution < -0.4 is 10.4 Å². The monoisotopic (exact) mass is 146 g/mol. The maximum absolute atomic E-state index is 3.34. The Balaban J connectivity index is 2.30. The molecular formula is C6H15N2P. The van der Waals surface area contributed by atoms with Gasteiger partial charge in [-0.05, 0) is 18.9 Å². The van der Waals surface area contributed by atoms with E-state index in [0.29, 0.717) is 6.04 Å². The van der Waals surface area contributed by atoms with Crippen molar-refractivity contribution >= 4 is 9.39 Å². The van der Waals surface area contributed by atoms with Crippen LogP contribution >= 0.6 is 9.39 Å². The van der Waals surface area contributed by atoms with Gasteiger partial charge < -0.3 is 5.32 Å². The molecule has 0 aromatic heterocycles. The highest BCUT2D eigenvalue weighted by Gasteiger charge is 2.18. The highest BCUT2D eigenvalue weighted by atomic mass is 31.0. The zero-order valence-electron chi connectivity index (χ0n) is 5.85. The van der Waals surface area contributed by atoms with Crippen LogP contribution in [0.4, 0.5) is 0 Å². The van der Waals surface area contributed by atoms with Crippen molar-refractivity contribution in [2.75, 3.05) is 13.1 Å². The van der Waals surface area contributed by atoms with Crippen LogP contribution in [0.25, 0.3) is 0 Å². The van der Waals surface area contributed by atoms with Gasteiger partial charge in [-0.2, -0.15) is 0 Å². The van der Waals surface area contributed by atoms with Crippen molar-refractivity contribution in [2.24, 2.45) is 5.92 Å². The highest BCUT2D eigenvalue weighted by molar-refractivity contribution is 7.13. The average molecular weight is 146 g/mol. The van der Waals surface area contributed by atoms with E-state index in [0.717, 1.165) is 12.5 Å². The summed E-state index contributed by atoms with van der Waals surface area (Å²) in [6, 6.07) is 0.656. The Morgan fingerprint density at radius 1 is 1.67 bits per heavy atom. The third-order valence-electron chi connectivity index (χ3n) is 2.04. The number of hydrogen-bond acceptors (Lipinski definition) is 2. The lowest BCUT2D eigenvalue weighted by Gasteiger charge is -2.28. The van der Waals surface area contributed by atoms with E-state index in [1.807, 2.05) is 0 Å². The van der Waals surface area contributed by atoms with Gasteiger partial charge in [-0.25, -0.2) is 0 Å². The van der Waals surface area contributed by atoms with Crippen molar-refractivity contribution in [3.8, 4) is 0 Å². The van der Waals surface area contributed by atoms with Crippen molar-refractivity contribution in [3.05, 3.63) is 0 Å². The van der Waals surface area contributed by atoms with Crippen LogP contribution in [0.2, 0.25) is 0 Å². The molecule has 3 atom stereocenters. The molecule has 9 heavy (non-hydrogen) atoms. The van der Waals surface area contributed by atoms with E-state index >= 15 is 0 Å². The Morgan fingerprint density at radius 2 is 2.44 bits per heavy atom. The molecule has 1 rings (SSSR count). The zero-order valence-corrected chi connectivity index (χ0v) is 7.01. The van der Waals surface area contributed by atoms with Gasteiger partial charge in [0, 0.05) is 12.6 Å². The van der Waals surface area contributed by atoms with Gasteiger partial charge in [-0.15, -0.1) is 0 Å². The summed E-state index contributed by atoms with van der Waals surface area (Å²) < 4.78 is 0. The maximum Gasteiger partial charge on any atom is 0.0250 e. The average Bonchev–Trinajstić information content (AvgIpc) is 1.89. The summed E-state index contributed by atoms with van der Waals surface area (Å²) in [5, 5.41) is 6.55. The molecule has 0 aliphatic carbocycles. The molecule has 0 amide bonds. The lowest BCUT2D eigenvalue weighted by molar-refractivity contribution is 0.333. The zero-order chi connectivity index (χ0) is 6.69. The van der Waals surface area contributed by atoms with E-state index in [9.17, 15) is 0 Å². The first-order valence-corrected chi connectivity index (χ1v) is 4.09. The van der Waals surface area contributed by atoms with Crippen LogP contribution in [0, 0.1) is 5.92 Å². The molecule has 2 N–H and O–H groups in total. The van der Waals surface area contributed by atoms with E-state index < -0.39 is 0 Å². The van der Waals surface area contributed by atoms with Crippen molar-refractivity contribution in [2.45, 2.75) is 19.4 Å². The Kier molecular flexibility index (Phi) is 2.90. The molecule has 0 aromatic rings. The van der Waals surface area contributed by atoms with Crippen molar-refractivity contribution in [1.82, 2.24) is 10.4 Å². The summed E-state index contributed by atoms with van der Waals surface area (Å²) in [5.74, 6) is 0.823. The molecule has 2 nitrogen and oxygen atoms in total. The van der Waals surface area contributed by atoms with Gasteiger partial charge in [0.15, 0.2) is 0 Å². The minimum Gasteiger partial charge on any atom is -0.315 e. The fourth-order valence-electron chi connectivity index (χ4n) is 1.21. The Bertz CT molecular complexity index is 87.1. The normalized spacial score (nSPS) is 36.7. The van der Waals surface area contributed by atoms with Gasteiger partial charge in [0.1, 0.15) is 0 Å². The van der Waals surface area contributed by atoms with E-state index in [1.54, 1.807) is 0 Å². The Hall–Kier alpha value is 0.350. The highest BCUT2D eigenvalue weighted by Crippen LogP contribution is 2.11. The van der Waals surface area contributed by atoms with Crippen LogP contribution in [-0.4, -0.2) is 19.1 Å². The fourth-order valence-corrected chi connectivity index (χ4v) is 1.66. The maximum atomic E-state index is 3.34. The van der Waals surface area contributed by atoms with Gasteiger partial charge in [-0.1, -0.05) is 16.3 Å².